The number of anilines is 1. The zero-order valence-electron chi connectivity index (χ0n) is 13.0. The van der Waals surface area contributed by atoms with Crippen molar-refractivity contribution in [2.45, 2.75) is 6.92 Å². The molecule has 2 aromatic rings. The molecule has 0 heterocycles. The molecule has 0 aliphatic carbocycles. The van der Waals surface area contributed by atoms with Crippen molar-refractivity contribution in [3.63, 3.8) is 0 Å². The Balaban J connectivity index is 1.92. The SMILES string of the molecule is COc1ccc(/C(C)=N/NC(=O)CNc2ccccc2)c(O)c1. The first-order chi connectivity index (χ1) is 11.1. The first-order valence-electron chi connectivity index (χ1n) is 7.09. The van der Waals surface area contributed by atoms with E-state index >= 15 is 0 Å². The molecule has 23 heavy (non-hydrogen) atoms. The van der Waals surface area contributed by atoms with Gasteiger partial charge in [0.25, 0.3) is 5.91 Å². The monoisotopic (exact) mass is 313 g/mol. The van der Waals surface area contributed by atoms with Gasteiger partial charge in [0.15, 0.2) is 0 Å². The van der Waals surface area contributed by atoms with E-state index in [2.05, 4.69) is 15.8 Å². The van der Waals surface area contributed by atoms with Crippen molar-refractivity contribution < 1.29 is 14.6 Å². The molecule has 0 fully saturated rings. The molecule has 0 saturated carbocycles. The van der Waals surface area contributed by atoms with Gasteiger partial charge in [0.2, 0.25) is 0 Å². The van der Waals surface area contributed by atoms with Gasteiger partial charge in [-0.3, -0.25) is 4.79 Å². The average Bonchev–Trinajstić information content (AvgIpc) is 2.58. The molecular formula is C17H19N3O3. The number of carbonyl (C=O) groups excluding carboxylic acids is 1. The zero-order chi connectivity index (χ0) is 16.7. The second kappa shape index (κ2) is 7.84. The highest BCUT2D eigenvalue weighted by Crippen LogP contribution is 2.23. The van der Waals surface area contributed by atoms with Crippen LogP contribution in [0.1, 0.15) is 12.5 Å². The van der Waals surface area contributed by atoms with Crippen LogP contribution < -0.4 is 15.5 Å². The Morgan fingerprint density at radius 1 is 1.22 bits per heavy atom. The number of hydrazone groups is 1. The van der Waals surface area contributed by atoms with Crippen LogP contribution in [0.5, 0.6) is 11.5 Å². The molecule has 0 atom stereocenters. The van der Waals surface area contributed by atoms with Crippen LogP contribution in [0.4, 0.5) is 5.69 Å². The molecule has 2 aromatic carbocycles. The molecule has 0 aromatic heterocycles. The highest BCUT2D eigenvalue weighted by Gasteiger charge is 2.07. The lowest BCUT2D eigenvalue weighted by atomic mass is 10.1. The van der Waals surface area contributed by atoms with Gasteiger partial charge in [0, 0.05) is 17.3 Å². The molecule has 2 rings (SSSR count). The number of nitrogens with zero attached hydrogens (tertiary/aromatic N) is 1. The Morgan fingerprint density at radius 3 is 2.61 bits per heavy atom. The van der Waals surface area contributed by atoms with E-state index < -0.39 is 0 Å². The van der Waals surface area contributed by atoms with Crippen LogP contribution >= 0.6 is 0 Å². The van der Waals surface area contributed by atoms with Gasteiger partial charge in [-0.15, -0.1) is 0 Å². The molecule has 0 aliphatic heterocycles. The van der Waals surface area contributed by atoms with Crippen LogP contribution in [0.3, 0.4) is 0 Å². The molecule has 0 spiro atoms. The van der Waals surface area contributed by atoms with Gasteiger partial charge < -0.3 is 15.2 Å². The number of phenols is 1. The third kappa shape index (κ3) is 4.74. The molecule has 0 saturated heterocycles. The predicted molar refractivity (Wildman–Crippen MR) is 89.9 cm³/mol. The summed E-state index contributed by atoms with van der Waals surface area (Å²) in [4.78, 5) is 11.8. The van der Waals surface area contributed by atoms with E-state index in [1.807, 2.05) is 30.3 Å². The summed E-state index contributed by atoms with van der Waals surface area (Å²) in [6, 6.07) is 14.3. The van der Waals surface area contributed by atoms with Crippen molar-refractivity contribution in [3.05, 3.63) is 54.1 Å². The van der Waals surface area contributed by atoms with E-state index in [1.54, 1.807) is 19.1 Å². The van der Waals surface area contributed by atoms with Crippen molar-refractivity contribution in [1.29, 1.82) is 0 Å². The van der Waals surface area contributed by atoms with Gasteiger partial charge in [-0.05, 0) is 31.2 Å². The first kappa shape index (κ1) is 16.4. The van der Waals surface area contributed by atoms with Crippen LogP contribution in [-0.2, 0) is 4.79 Å². The minimum Gasteiger partial charge on any atom is -0.507 e. The number of methoxy groups -OCH3 is 1. The molecule has 6 heteroatoms. The summed E-state index contributed by atoms with van der Waals surface area (Å²) >= 11 is 0. The number of rotatable bonds is 6. The number of amides is 1. The summed E-state index contributed by atoms with van der Waals surface area (Å²) in [7, 11) is 1.52. The molecule has 3 N–H and O–H groups in total. The second-order valence-corrected chi connectivity index (χ2v) is 4.83. The summed E-state index contributed by atoms with van der Waals surface area (Å²) in [5.41, 5.74) is 4.34. The summed E-state index contributed by atoms with van der Waals surface area (Å²) in [5.74, 6) is 0.318. The Bertz CT molecular complexity index is 699. The fourth-order valence-corrected chi connectivity index (χ4v) is 1.93. The zero-order valence-corrected chi connectivity index (χ0v) is 13.0. The number of hydrogen-bond donors (Lipinski definition) is 3. The van der Waals surface area contributed by atoms with Gasteiger partial charge in [-0.25, -0.2) is 5.43 Å². The van der Waals surface area contributed by atoms with Gasteiger partial charge in [0.1, 0.15) is 11.5 Å². The molecule has 0 radical (unpaired) electrons. The van der Waals surface area contributed by atoms with Crippen molar-refractivity contribution in [2.24, 2.45) is 5.10 Å². The number of hydrogen-bond acceptors (Lipinski definition) is 5. The fourth-order valence-electron chi connectivity index (χ4n) is 1.93. The lowest BCUT2D eigenvalue weighted by Gasteiger charge is -2.08. The van der Waals surface area contributed by atoms with Crippen molar-refractivity contribution in [1.82, 2.24) is 5.43 Å². The molecule has 6 nitrogen and oxygen atoms in total. The van der Waals surface area contributed by atoms with Gasteiger partial charge in [-0.2, -0.15) is 5.10 Å². The van der Waals surface area contributed by atoms with Gasteiger partial charge in [0.05, 0.1) is 19.4 Å². The largest absolute Gasteiger partial charge is 0.507 e. The average molecular weight is 313 g/mol. The summed E-state index contributed by atoms with van der Waals surface area (Å²) in [5, 5.41) is 16.9. The number of phenolic OH excluding ortho intramolecular Hbond substituents is 1. The lowest BCUT2D eigenvalue weighted by Crippen LogP contribution is -2.26. The first-order valence-corrected chi connectivity index (χ1v) is 7.09. The predicted octanol–water partition coefficient (Wildman–Crippen LogP) is 2.35. The maximum absolute atomic E-state index is 11.8. The van der Waals surface area contributed by atoms with Crippen LogP contribution in [0.15, 0.2) is 53.6 Å². The summed E-state index contributed by atoms with van der Waals surface area (Å²) in [6.07, 6.45) is 0. The minimum absolute atomic E-state index is 0.0438. The maximum atomic E-state index is 11.8. The lowest BCUT2D eigenvalue weighted by molar-refractivity contribution is -0.119. The number of benzene rings is 2. The maximum Gasteiger partial charge on any atom is 0.259 e. The van der Waals surface area contributed by atoms with Crippen LogP contribution in [0, 0.1) is 0 Å². The van der Waals surface area contributed by atoms with Crippen molar-refractivity contribution in [3.8, 4) is 11.5 Å². The second-order valence-electron chi connectivity index (χ2n) is 4.83. The highest BCUT2D eigenvalue weighted by molar-refractivity contribution is 6.01. The van der Waals surface area contributed by atoms with E-state index in [0.29, 0.717) is 17.0 Å². The van der Waals surface area contributed by atoms with E-state index in [0.717, 1.165) is 5.69 Å². The minimum atomic E-state index is -0.277. The fraction of sp³-hybridized carbons (Fsp3) is 0.176. The summed E-state index contributed by atoms with van der Waals surface area (Å²) in [6.45, 7) is 1.81. The van der Waals surface area contributed by atoms with Gasteiger partial charge >= 0.3 is 0 Å². The number of ether oxygens (including phenoxy) is 1. The Labute approximate surface area is 134 Å². The third-order valence-corrected chi connectivity index (χ3v) is 3.17. The van der Waals surface area contributed by atoms with Gasteiger partial charge in [-0.1, -0.05) is 18.2 Å². The van der Waals surface area contributed by atoms with Crippen LogP contribution in [0.2, 0.25) is 0 Å². The van der Waals surface area contributed by atoms with E-state index in [9.17, 15) is 9.90 Å². The van der Waals surface area contributed by atoms with Crippen LogP contribution in [-0.4, -0.2) is 30.4 Å². The van der Waals surface area contributed by atoms with E-state index in [4.69, 9.17) is 4.74 Å². The Kier molecular flexibility index (Phi) is 5.57. The molecule has 120 valence electrons. The molecule has 0 unspecified atom stereocenters. The number of nitrogens with one attached hydrogen (secondary N) is 2. The molecule has 0 aliphatic rings. The Hall–Kier alpha value is -3.02. The smallest absolute Gasteiger partial charge is 0.259 e. The Morgan fingerprint density at radius 2 is 1.96 bits per heavy atom. The third-order valence-electron chi connectivity index (χ3n) is 3.17. The number of carbonyl (C=O) groups is 1. The topological polar surface area (TPSA) is 83.0 Å². The van der Waals surface area contributed by atoms with E-state index in [1.165, 1.54) is 13.2 Å². The molecule has 0 bridgehead atoms. The normalized spacial score (nSPS) is 11.0. The van der Waals surface area contributed by atoms with Crippen molar-refractivity contribution in [2.75, 3.05) is 19.0 Å². The number of aromatic hydroxyl groups is 1. The number of para-hydroxylation sites is 1. The van der Waals surface area contributed by atoms with E-state index in [-0.39, 0.29) is 18.2 Å². The standard InChI is InChI=1S/C17H19N3O3/c1-12(15-9-8-14(23-2)10-16(15)21)19-20-17(22)11-18-13-6-4-3-5-7-13/h3-10,18,21H,11H2,1-2H3,(H,20,22)/b19-12+. The van der Waals surface area contributed by atoms with Crippen molar-refractivity contribution >= 4 is 17.3 Å². The van der Waals surface area contributed by atoms with Crippen LogP contribution in [0.25, 0.3) is 0 Å². The summed E-state index contributed by atoms with van der Waals surface area (Å²) < 4.78 is 5.02. The highest BCUT2D eigenvalue weighted by atomic mass is 16.5. The molecule has 1 amide bonds. The molecular weight excluding hydrogens is 294 g/mol. The quantitative estimate of drug-likeness (QED) is 0.565.